The van der Waals surface area contributed by atoms with Crippen LogP contribution in [-0.4, -0.2) is 40.9 Å². The number of methoxy groups -OCH3 is 1. The SMILES string of the molecule is COc1cc(C2C3CCCCC3(O)CCN2CC=Cc2ccccc2)ccc1O. The van der Waals surface area contributed by atoms with Crippen LogP contribution >= 0.6 is 0 Å². The van der Waals surface area contributed by atoms with Crippen LogP contribution in [0.4, 0.5) is 0 Å². The Bertz CT molecular complexity index is 850. The lowest BCUT2D eigenvalue weighted by molar-refractivity contribution is -0.122. The molecule has 154 valence electrons. The van der Waals surface area contributed by atoms with Crippen LogP contribution in [0.3, 0.4) is 0 Å². The fourth-order valence-electron chi connectivity index (χ4n) is 5.16. The standard InChI is InChI=1S/C25H31NO3/c1-29-23-18-20(12-13-22(23)27)24-21-11-5-6-14-25(21,28)15-17-26(24)16-7-10-19-8-3-2-4-9-19/h2-4,7-10,12-13,18,21,24,27-28H,5-6,11,14-17H2,1H3. The summed E-state index contributed by atoms with van der Waals surface area (Å²) in [6, 6.07) is 16.1. The molecule has 1 saturated heterocycles. The third-order valence-electron chi connectivity index (χ3n) is 6.67. The summed E-state index contributed by atoms with van der Waals surface area (Å²) in [5.74, 6) is 0.845. The third-order valence-corrected chi connectivity index (χ3v) is 6.67. The van der Waals surface area contributed by atoms with E-state index in [2.05, 4.69) is 29.2 Å². The zero-order chi connectivity index (χ0) is 20.3. The van der Waals surface area contributed by atoms with Crippen molar-refractivity contribution >= 4 is 6.08 Å². The summed E-state index contributed by atoms with van der Waals surface area (Å²) in [6.07, 6.45) is 9.38. The van der Waals surface area contributed by atoms with Crippen molar-refractivity contribution in [1.29, 1.82) is 0 Å². The number of rotatable bonds is 5. The maximum Gasteiger partial charge on any atom is 0.160 e. The molecule has 1 aliphatic carbocycles. The second kappa shape index (κ2) is 8.60. The normalized spacial score (nSPS) is 27.7. The number of hydrogen-bond acceptors (Lipinski definition) is 4. The molecule has 4 rings (SSSR count). The summed E-state index contributed by atoms with van der Waals surface area (Å²) < 4.78 is 5.37. The van der Waals surface area contributed by atoms with E-state index in [1.165, 1.54) is 5.56 Å². The topological polar surface area (TPSA) is 52.9 Å². The van der Waals surface area contributed by atoms with Gasteiger partial charge < -0.3 is 14.9 Å². The summed E-state index contributed by atoms with van der Waals surface area (Å²) in [5.41, 5.74) is 1.72. The lowest BCUT2D eigenvalue weighted by Gasteiger charge is -2.52. The Kier molecular flexibility index (Phi) is 5.93. The molecule has 2 aromatic carbocycles. The number of benzene rings is 2. The molecule has 0 bridgehead atoms. The summed E-state index contributed by atoms with van der Waals surface area (Å²) in [6.45, 7) is 1.69. The molecule has 0 radical (unpaired) electrons. The minimum atomic E-state index is -0.590. The van der Waals surface area contributed by atoms with E-state index in [4.69, 9.17) is 4.74 Å². The molecule has 2 fully saturated rings. The zero-order valence-corrected chi connectivity index (χ0v) is 17.1. The molecule has 1 heterocycles. The van der Waals surface area contributed by atoms with E-state index in [-0.39, 0.29) is 17.7 Å². The molecule has 2 N–H and O–H groups in total. The van der Waals surface area contributed by atoms with Crippen LogP contribution < -0.4 is 4.74 Å². The first-order chi connectivity index (χ1) is 14.1. The summed E-state index contributed by atoms with van der Waals surface area (Å²) in [4.78, 5) is 2.47. The van der Waals surface area contributed by atoms with Gasteiger partial charge in [0.05, 0.1) is 12.7 Å². The summed E-state index contributed by atoms with van der Waals surface area (Å²) in [7, 11) is 1.58. The minimum absolute atomic E-state index is 0.115. The maximum absolute atomic E-state index is 11.4. The molecule has 1 saturated carbocycles. The molecule has 4 nitrogen and oxygen atoms in total. The van der Waals surface area contributed by atoms with Gasteiger partial charge in [-0.25, -0.2) is 0 Å². The lowest BCUT2D eigenvalue weighted by Crippen LogP contribution is -2.54. The van der Waals surface area contributed by atoms with Crippen LogP contribution in [0, 0.1) is 5.92 Å². The number of ether oxygens (including phenoxy) is 1. The molecule has 3 unspecified atom stereocenters. The van der Waals surface area contributed by atoms with Gasteiger partial charge in [-0.05, 0) is 42.5 Å². The average Bonchev–Trinajstić information content (AvgIpc) is 2.75. The fraction of sp³-hybridized carbons (Fsp3) is 0.440. The Morgan fingerprint density at radius 3 is 2.76 bits per heavy atom. The minimum Gasteiger partial charge on any atom is -0.504 e. The van der Waals surface area contributed by atoms with Crippen molar-refractivity contribution in [3.63, 3.8) is 0 Å². The number of aromatic hydroxyl groups is 1. The van der Waals surface area contributed by atoms with Crippen molar-refractivity contribution in [1.82, 2.24) is 4.90 Å². The first-order valence-electron chi connectivity index (χ1n) is 10.7. The van der Waals surface area contributed by atoms with Crippen LogP contribution in [0.15, 0.2) is 54.6 Å². The van der Waals surface area contributed by atoms with Gasteiger partial charge in [-0.2, -0.15) is 0 Å². The van der Waals surface area contributed by atoms with Crippen LogP contribution in [0.5, 0.6) is 11.5 Å². The fourth-order valence-corrected chi connectivity index (χ4v) is 5.16. The smallest absolute Gasteiger partial charge is 0.160 e. The molecular formula is C25H31NO3. The summed E-state index contributed by atoms with van der Waals surface area (Å²) >= 11 is 0. The molecule has 0 spiro atoms. The molecule has 4 heteroatoms. The number of likely N-dealkylation sites (tertiary alicyclic amines) is 1. The molecule has 3 atom stereocenters. The quantitative estimate of drug-likeness (QED) is 0.767. The second-order valence-corrected chi connectivity index (χ2v) is 8.39. The Morgan fingerprint density at radius 2 is 1.97 bits per heavy atom. The lowest BCUT2D eigenvalue weighted by atomic mass is 9.66. The largest absolute Gasteiger partial charge is 0.504 e. The number of piperidine rings is 1. The highest BCUT2D eigenvalue weighted by molar-refractivity contribution is 5.49. The first-order valence-corrected chi connectivity index (χ1v) is 10.7. The Balaban J connectivity index is 1.63. The van der Waals surface area contributed by atoms with Gasteiger partial charge in [0.25, 0.3) is 0 Å². The van der Waals surface area contributed by atoms with E-state index in [0.29, 0.717) is 5.75 Å². The number of aliphatic hydroxyl groups is 1. The number of phenolic OH excluding ortho intramolecular Hbond substituents is 1. The van der Waals surface area contributed by atoms with Gasteiger partial charge in [0.15, 0.2) is 11.5 Å². The highest BCUT2D eigenvalue weighted by atomic mass is 16.5. The van der Waals surface area contributed by atoms with Crippen LogP contribution in [0.1, 0.15) is 49.3 Å². The predicted octanol–water partition coefficient (Wildman–Crippen LogP) is 4.78. The van der Waals surface area contributed by atoms with Crippen molar-refractivity contribution in [2.45, 2.75) is 43.7 Å². The van der Waals surface area contributed by atoms with E-state index >= 15 is 0 Å². The van der Waals surface area contributed by atoms with E-state index < -0.39 is 5.60 Å². The second-order valence-electron chi connectivity index (χ2n) is 8.39. The van der Waals surface area contributed by atoms with Gasteiger partial charge in [0.1, 0.15) is 0 Å². The van der Waals surface area contributed by atoms with Crippen molar-refractivity contribution in [2.75, 3.05) is 20.2 Å². The van der Waals surface area contributed by atoms with Crippen LogP contribution in [0.25, 0.3) is 6.08 Å². The Morgan fingerprint density at radius 1 is 1.14 bits per heavy atom. The molecule has 2 aromatic rings. The number of phenols is 1. The maximum atomic E-state index is 11.4. The van der Waals surface area contributed by atoms with Gasteiger partial charge in [-0.15, -0.1) is 0 Å². The van der Waals surface area contributed by atoms with E-state index in [1.54, 1.807) is 13.2 Å². The van der Waals surface area contributed by atoms with Gasteiger partial charge in [-0.3, -0.25) is 4.90 Å². The Labute approximate surface area is 173 Å². The van der Waals surface area contributed by atoms with Gasteiger partial charge in [0.2, 0.25) is 0 Å². The van der Waals surface area contributed by atoms with Crippen molar-refractivity contribution < 1.29 is 14.9 Å². The monoisotopic (exact) mass is 393 g/mol. The molecule has 0 amide bonds. The molecule has 2 aliphatic rings. The Hall–Kier alpha value is -2.30. The van der Waals surface area contributed by atoms with Gasteiger partial charge >= 0.3 is 0 Å². The third kappa shape index (κ3) is 4.19. The van der Waals surface area contributed by atoms with E-state index in [0.717, 1.165) is 50.8 Å². The van der Waals surface area contributed by atoms with E-state index in [1.807, 2.05) is 30.3 Å². The van der Waals surface area contributed by atoms with Gasteiger partial charge in [0, 0.05) is 25.0 Å². The predicted molar refractivity (Wildman–Crippen MR) is 116 cm³/mol. The van der Waals surface area contributed by atoms with Crippen molar-refractivity contribution in [3.8, 4) is 11.5 Å². The van der Waals surface area contributed by atoms with Crippen LogP contribution in [-0.2, 0) is 0 Å². The first kappa shape index (κ1) is 20.0. The summed E-state index contributed by atoms with van der Waals surface area (Å²) in [5, 5.41) is 21.5. The number of fused-ring (bicyclic) bond motifs is 1. The highest BCUT2D eigenvalue weighted by Gasteiger charge is 2.48. The molecular weight excluding hydrogens is 362 g/mol. The van der Waals surface area contributed by atoms with Crippen molar-refractivity contribution in [2.24, 2.45) is 5.92 Å². The highest BCUT2D eigenvalue weighted by Crippen LogP contribution is 2.50. The van der Waals surface area contributed by atoms with Crippen molar-refractivity contribution in [3.05, 3.63) is 65.7 Å². The number of hydrogen-bond donors (Lipinski definition) is 2. The zero-order valence-electron chi connectivity index (χ0n) is 17.1. The molecule has 0 aromatic heterocycles. The average molecular weight is 394 g/mol. The van der Waals surface area contributed by atoms with Crippen LogP contribution in [0.2, 0.25) is 0 Å². The molecule has 29 heavy (non-hydrogen) atoms. The molecule has 1 aliphatic heterocycles. The van der Waals surface area contributed by atoms with E-state index in [9.17, 15) is 10.2 Å². The van der Waals surface area contributed by atoms with Gasteiger partial charge in [-0.1, -0.05) is 61.4 Å². The number of nitrogens with zero attached hydrogens (tertiary/aromatic N) is 1.